The number of nitriles is 1. The topological polar surface area (TPSA) is 99.4 Å². The SMILES string of the molecule is CCOC(=O)/C(C#N)=C1/NNC(=Nc2cccnc2)S1. The molecular weight excluding hydrogens is 278 g/mol. The number of hydrogen-bond donors (Lipinski definition) is 2. The summed E-state index contributed by atoms with van der Waals surface area (Å²) in [4.78, 5) is 19.8. The van der Waals surface area contributed by atoms with Gasteiger partial charge >= 0.3 is 5.97 Å². The summed E-state index contributed by atoms with van der Waals surface area (Å²) in [7, 11) is 0. The third-order valence-corrected chi connectivity index (χ3v) is 3.07. The zero-order valence-corrected chi connectivity index (χ0v) is 11.4. The van der Waals surface area contributed by atoms with Gasteiger partial charge in [-0.3, -0.25) is 15.8 Å². The van der Waals surface area contributed by atoms with Gasteiger partial charge in [-0.05, 0) is 30.8 Å². The molecule has 0 unspecified atom stereocenters. The van der Waals surface area contributed by atoms with Crippen LogP contribution in [0.2, 0.25) is 0 Å². The fraction of sp³-hybridized carbons (Fsp3) is 0.167. The van der Waals surface area contributed by atoms with E-state index in [2.05, 4.69) is 20.8 Å². The summed E-state index contributed by atoms with van der Waals surface area (Å²) in [5.74, 6) is -0.658. The first-order valence-corrected chi connectivity index (χ1v) is 6.56. The molecule has 1 aromatic rings. The Morgan fingerprint density at radius 1 is 1.60 bits per heavy atom. The molecule has 0 aliphatic carbocycles. The summed E-state index contributed by atoms with van der Waals surface area (Å²) >= 11 is 1.15. The van der Waals surface area contributed by atoms with Gasteiger partial charge in [0, 0.05) is 6.20 Å². The van der Waals surface area contributed by atoms with Crippen LogP contribution in [-0.2, 0) is 9.53 Å². The zero-order valence-electron chi connectivity index (χ0n) is 10.6. The second-order valence-corrected chi connectivity index (χ2v) is 4.52. The van der Waals surface area contributed by atoms with E-state index in [1.54, 1.807) is 31.5 Å². The lowest BCUT2D eigenvalue weighted by Gasteiger charge is -2.01. The Morgan fingerprint density at radius 3 is 3.10 bits per heavy atom. The molecule has 0 aromatic carbocycles. The molecule has 2 heterocycles. The van der Waals surface area contributed by atoms with E-state index >= 15 is 0 Å². The molecule has 2 N–H and O–H groups in total. The molecular formula is C12H11N5O2S. The highest BCUT2D eigenvalue weighted by molar-refractivity contribution is 8.17. The number of carbonyl (C=O) groups is 1. The van der Waals surface area contributed by atoms with Crippen molar-refractivity contribution in [3.8, 4) is 6.07 Å². The van der Waals surface area contributed by atoms with Crippen molar-refractivity contribution >= 4 is 28.6 Å². The van der Waals surface area contributed by atoms with Gasteiger partial charge in [-0.25, -0.2) is 9.79 Å². The number of rotatable bonds is 3. The highest BCUT2D eigenvalue weighted by Gasteiger charge is 2.23. The second kappa shape index (κ2) is 6.58. The standard InChI is InChI=1S/C12H11N5O2S/c1-2-19-11(18)9(6-13)10-16-17-12(20-10)15-8-4-3-5-14-7-8/h3-5,7,16H,2H2,1H3,(H,15,17)/b10-9-. The normalized spacial score (nSPS) is 17.9. The van der Waals surface area contributed by atoms with Crippen LogP contribution in [0.3, 0.4) is 0 Å². The number of ether oxygens (including phenoxy) is 1. The van der Waals surface area contributed by atoms with Crippen LogP contribution in [0.1, 0.15) is 6.92 Å². The Morgan fingerprint density at radius 2 is 2.45 bits per heavy atom. The Labute approximate surface area is 119 Å². The van der Waals surface area contributed by atoms with E-state index in [0.29, 0.717) is 15.9 Å². The van der Waals surface area contributed by atoms with Crippen LogP contribution in [-0.4, -0.2) is 22.7 Å². The van der Waals surface area contributed by atoms with E-state index in [1.165, 1.54) is 0 Å². The predicted octanol–water partition coefficient (Wildman–Crippen LogP) is 1.21. The molecule has 20 heavy (non-hydrogen) atoms. The van der Waals surface area contributed by atoms with E-state index in [1.807, 2.05) is 6.07 Å². The number of hydrogen-bond acceptors (Lipinski definition) is 7. The van der Waals surface area contributed by atoms with Crippen molar-refractivity contribution in [1.82, 2.24) is 15.8 Å². The molecule has 1 fully saturated rings. The van der Waals surface area contributed by atoms with E-state index in [0.717, 1.165) is 11.8 Å². The van der Waals surface area contributed by atoms with Crippen molar-refractivity contribution < 1.29 is 9.53 Å². The molecule has 0 atom stereocenters. The van der Waals surface area contributed by atoms with E-state index < -0.39 is 5.97 Å². The molecule has 1 aliphatic heterocycles. The number of carbonyl (C=O) groups excluding carboxylic acids is 1. The third kappa shape index (κ3) is 3.27. The lowest BCUT2D eigenvalue weighted by molar-refractivity contribution is -0.138. The number of nitrogens with one attached hydrogen (secondary N) is 2. The molecule has 1 aromatic heterocycles. The summed E-state index contributed by atoms with van der Waals surface area (Å²) in [6, 6.07) is 5.39. The Balaban J connectivity index is 2.17. The molecule has 0 amide bonds. The van der Waals surface area contributed by atoms with Gasteiger partial charge < -0.3 is 4.74 Å². The smallest absolute Gasteiger partial charge is 0.351 e. The lowest BCUT2D eigenvalue weighted by atomic mass is 10.3. The van der Waals surface area contributed by atoms with Gasteiger partial charge in [0.05, 0.1) is 18.5 Å². The summed E-state index contributed by atoms with van der Waals surface area (Å²) in [5, 5.41) is 9.91. The van der Waals surface area contributed by atoms with Crippen molar-refractivity contribution in [2.24, 2.45) is 4.99 Å². The summed E-state index contributed by atoms with van der Waals surface area (Å²) in [6.07, 6.45) is 3.25. The Hall–Kier alpha value is -2.53. The Bertz CT molecular complexity index is 606. The minimum Gasteiger partial charge on any atom is -0.462 e. The average molecular weight is 289 g/mol. The number of nitrogens with zero attached hydrogens (tertiary/aromatic N) is 3. The predicted molar refractivity (Wildman–Crippen MR) is 74.5 cm³/mol. The fourth-order valence-electron chi connectivity index (χ4n) is 1.35. The number of thioether (sulfide) groups is 1. The first kappa shape index (κ1) is 13.9. The van der Waals surface area contributed by atoms with E-state index in [4.69, 9.17) is 10.00 Å². The Kier molecular flexibility index (Phi) is 4.57. The number of esters is 1. The van der Waals surface area contributed by atoms with Crippen LogP contribution in [0, 0.1) is 11.3 Å². The van der Waals surface area contributed by atoms with Gasteiger partial charge in [0.2, 0.25) is 0 Å². The number of pyridine rings is 1. The van der Waals surface area contributed by atoms with Gasteiger partial charge in [0.1, 0.15) is 11.1 Å². The minimum absolute atomic E-state index is 0.0827. The minimum atomic E-state index is -0.658. The van der Waals surface area contributed by atoms with Gasteiger partial charge in [-0.1, -0.05) is 0 Å². The van der Waals surface area contributed by atoms with E-state index in [-0.39, 0.29) is 12.2 Å². The molecule has 0 saturated carbocycles. The van der Waals surface area contributed by atoms with Crippen LogP contribution < -0.4 is 10.9 Å². The van der Waals surface area contributed by atoms with Crippen molar-refractivity contribution in [1.29, 1.82) is 5.26 Å². The maximum absolute atomic E-state index is 11.6. The third-order valence-electron chi connectivity index (χ3n) is 2.18. The highest BCUT2D eigenvalue weighted by atomic mass is 32.2. The largest absolute Gasteiger partial charge is 0.462 e. The van der Waals surface area contributed by atoms with Crippen molar-refractivity contribution in [2.75, 3.05) is 6.61 Å². The molecule has 8 heteroatoms. The molecule has 7 nitrogen and oxygen atoms in total. The number of aliphatic imine (C=N–C) groups is 1. The molecule has 0 spiro atoms. The zero-order chi connectivity index (χ0) is 14.4. The monoisotopic (exact) mass is 289 g/mol. The van der Waals surface area contributed by atoms with Gasteiger partial charge in [0.25, 0.3) is 0 Å². The number of amidine groups is 1. The van der Waals surface area contributed by atoms with Crippen molar-refractivity contribution in [3.63, 3.8) is 0 Å². The van der Waals surface area contributed by atoms with E-state index in [9.17, 15) is 4.79 Å². The maximum atomic E-state index is 11.6. The molecule has 1 saturated heterocycles. The molecule has 1 aliphatic rings. The first-order valence-electron chi connectivity index (χ1n) is 5.74. The van der Waals surface area contributed by atoms with Gasteiger partial charge in [-0.15, -0.1) is 0 Å². The van der Waals surface area contributed by atoms with Crippen LogP contribution in [0.25, 0.3) is 0 Å². The van der Waals surface area contributed by atoms with Crippen LogP contribution >= 0.6 is 11.8 Å². The average Bonchev–Trinajstić information content (AvgIpc) is 2.89. The molecule has 0 bridgehead atoms. The summed E-state index contributed by atoms with van der Waals surface area (Å²) in [6.45, 7) is 1.90. The van der Waals surface area contributed by atoms with Crippen LogP contribution in [0.5, 0.6) is 0 Å². The van der Waals surface area contributed by atoms with Crippen molar-refractivity contribution in [3.05, 3.63) is 35.1 Å². The summed E-state index contributed by atoms with van der Waals surface area (Å²) in [5.41, 5.74) is 6.10. The van der Waals surface area contributed by atoms with Crippen molar-refractivity contribution in [2.45, 2.75) is 6.92 Å². The molecule has 2 rings (SSSR count). The van der Waals surface area contributed by atoms with Gasteiger partial charge in [-0.2, -0.15) is 5.26 Å². The summed E-state index contributed by atoms with van der Waals surface area (Å²) < 4.78 is 4.81. The fourth-order valence-corrected chi connectivity index (χ4v) is 2.13. The van der Waals surface area contributed by atoms with Gasteiger partial charge in [0.15, 0.2) is 10.7 Å². The second-order valence-electron chi connectivity index (χ2n) is 3.52. The van der Waals surface area contributed by atoms with Crippen LogP contribution in [0.4, 0.5) is 5.69 Å². The first-order chi connectivity index (χ1) is 9.74. The lowest BCUT2D eigenvalue weighted by Crippen LogP contribution is -2.26. The highest BCUT2D eigenvalue weighted by Crippen LogP contribution is 2.24. The number of hydrazine groups is 1. The molecule has 102 valence electrons. The molecule has 0 radical (unpaired) electrons. The van der Waals surface area contributed by atoms with Crippen LogP contribution in [0.15, 0.2) is 40.1 Å². The quantitative estimate of drug-likeness (QED) is 0.490. The number of aromatic nitrogens is 1. The maximum Gasteiger partial charge on any atom is 0.351 e.